The summed E-state index contributed by atoms with van der Waals surface area (Å²) in [6.07, 6.45) is 27.8. The number of allylic oxidation sites excluding steroid dienone is 10. The molecule has 0 heterocycles. The van der Waals surface area contributed by atoms with Crippen molar-refractivity contribution in [3.8, 4) is 0 Å². The SMILES string of the molecule is CC/C=C\C/C=C\C/C=C\C/C=C\C/C=C\CCCC(=O)OCC(C)(C)[C@@H](OC)C(=O)NCCC(=O)C(C)(C)C. The second-order valence-corrected chi connectivity index (χ2v) is 11.6. The molecule has 0 spiro atoms. The first-order valence-electron chi connectivity index (χ1n) is 14.7. The van der Waals surface area contributed by atoms with Crippen LogP contribution < -0.4 is 5.32 Å². The van der Waals surface area contributed by atoms with E-state index in [2.05, 4.69) is 73.0 Å². The molecular weight excluding hydrogens is 502 g/mol. The summed E-state index contributed by atoms with van der Waals surface area (Å²) in [7, 11) is 1.46. The Labute approximate surface area is 244 Å². The molecule has 0 aromatic carbocycles. The molecule has 1 amide bonds. The van der Waals surface area contributed by atoms with Gasteiger partial charge in [0.25, 0.3) is 0 Å². The summed E-state index contributed by atoms with van der Waals surface area (Å²) in [5, 5.41) is 2.77. The number of amides is 1. The van der Waals surface area contributed by atoms with Crippen LogP contribution in [0.3, 0.4) is 0 Å². The summed E-state index contributed by atoms with van der Waals surface area (Å²) in [5.74, 6) is -0.519. The number of Topliss-reactive ketones (excluding diaryl/α,β-unsaturated/α-hetero) is 1. The van der Waals surface area contributed by atoms with Gasteiger partial charge in [-0.2, -0.15) is 0 Å². The molecule has 40 heavy (non-hydrogen) atoms. The van der Waals surface area contributed by atoms with E-state index in [4.69, 9.17) is 9.47 Å². The third-order valence-electron chi connectivity index (χ3n) is 6.19. The Balaban J connectivity index is 4.14. The zero-order valence-corrected chi connectivity index (χ0v) is 26.2. The quantitative estimate of drug-likeness (QED) is 0.0892. The summed E-state index contributed by atoms with van der Waals surface area (Å²) in [6, 6.07) is 0. The molecule has 0 radical (unpaired) electrons. The summed E-state index contributed by atoms with van der Waals surface area (Å²) in [5.41, 5.74) is -1.15. The monoisotopic (exact) mass is 557 g/mol. The van der Waals surface area contributed by atoms with Crippen LogP contribution in [0.15, 0.2) is 60.8 Å². The number of rotatable bonds is 21. The van der Waals surface area contributed by atoms with Crippen LogP contribution in [-0.4, -0.2) is 44.0 Å². The van der Waals surface area contributed by atoms with Crippen molar-refractivity contribution in [2.75, 3.05) is 20.3 Å². The van der Waals surface area contributed by atoms with Crippen LogP contribution in [0, 0.1) is 10.8 Å². The molecule has 0 aliphatic heterocycles. The maximum Gasteiger partial charge on any atom is 0.305 e. The number of carbonyl (C=O) groups excluding carboxylic acids is 3. The smallest absolute Gasteiger partial charge is 0.305 e. The standard InChI is InChI=1S/C34H55NO5/c1-8-9-10-11-12-13-14-15-16-17-18-19-20-21-22-23-24-25-30(37)40-28-34(5,6)31(39-7)32(38)35-27-26-29(36)33(2,3)4/h9-10,12-13,15-16,18-19,21-22,31H,8,11,14,17,20,23-28H2,1-7H3,(H,35,38)/b10-9-,13-12-,16-15-,19-18-,22-21-/t31-/m0/s1. The lowest BCUT2D eigenvalue weighted by Gasteiger charge is -2.31. The summed E-state index contributed by atoms with van der Waals surface area (Å²) >= 11 is 0. The van der Waals surface area contributed by atoms with Crippen molar-refractivity contribution in [3.63, 3.8) is 0 Å². The molecular formula is C34H55NO5. The van der Waals surface area contributed by atoms with Crippen molar-refractivity contribution in [3.05, 3.63) is 60.8 Å². The largest absolute Gasteiger partial charge is 0.465 e. The van der Waals surface area contributed by atoms with Crippen molar-refractivity contribution in [1.29, 1.82) is 0 Å². The number of carbonyl (C=O) groups is 3. The Bertz CT molecular complexity index is 871. The summed E-state index contributed by atoms with van der Waals surface area (Å²) in [4.78, 5) is 36.9. The zero-order chi connectivity index (χ0) is 30.3. The molecule has 226 valence electrons. The van der Waals surface area contributed by atoms with Crippen molar-refractivity contribution in [2.24, 2.45) is 10.8 Å². The third-order valence-corrected chi connectivity index (χ3v) is 6.19. The van der Waals surface area contributed by atoms with Gasteiger partial charge in [0.15, 0.2) is 0 Å². The maximum absolute atomic E-state index is 12.6. The van der Waals surface area contributed by atoms with Gasteiger partial charge in [0.05, 0.1) is 6.61 Å². The van der Waals surface area contributed by atoms with Crippen LogP contribution in [0.25, 0.3) is 0 Å². The predicted octanol–water partition coefficient (Wildman–Crippen LogP) is 7.61. The maximum atomic E-state index is 12.6. The average Bonchev–Trinajstić information content (AvgIpc) is 2.89. The highest BCUT2D eigenvalue weighted by Gasteiger charge is 2.37. The predicted molar refractivity (Wildman–Crippen MR) is 166 cm³/mol. The third kappa shape index (κ3) is 19.3. The van der Waals surface area contributed by atoms with Gasteiger partial charge in [-0.05, 0) is 44.9 Å². The molecule has 0 aromatic rings. The number of hydrogen-bond acceptors (Lipinski definition) is 5. The lowest BCUT2D eigenvalue weighted by Crippen LogP contribution is -2.48. The van der Waals surface area contributed by atoms with E-state index in [1.54, 1.807) is 0 Å². The van der Waals surface area contributed by atoms with E-state index in [9.17, 15) is 14.4 Å². The fraction of sp³-hybridized carbons (Fsp3) is 0.618. The normalized spacial score (nSPS) is 13.8. The second kappa shape index (κ2) is 22.0. The average molecular weight is 558 g/mol. The molecule has 0 unspecified atom stereocenters. The van der Waals surface area contributed by atoms with Crippen LogP contribution >= 0.6 is 0 Å². The van der Waals surface area contributed by atoms with Crippen LogP contribution in [0.4, 0.5) is 0 Å². The van der Waals surface area contributed by atoms with Crippen LogP contribution in [-0.2, 0) is 23.9 Å². The van der Waals surface area contributed by atoms with Crippen molar-refractivity contribution < 1.29 is 23.9 Å². The van der Waals surface area contributed by atoms with Crippen molar-refractivity contribution in [1.82, 2.24) is 5.32 Å². The highest BCUT2D eigenvalue weighted by atomic mass is 16.5. The Morgan fingerprint density at radius 3 is 1.73 bits per heavy atom. The molecule has 0 rings (SSSR count). The van der Waals surface area contributed by atoms with Crippen LogP contribution in [0.2, 0.25) is 0 Å². The molecule has 0 saturated heterocycles. The molecule has 6 heteroatoms. The van der Waals surface area contributed by atoms with E-state index >= 15 is 0 Å². The van der Waals surface area contributed by atoms with Crippen LogP contribution in [0.1, 0.15) is 99.3 Å². The number of nitrogens with one attached hydrogen (secondary N) is 1. The van der Waals surface area contributed by atoms with Gasteiger partial charge >= 0.3 is 5.97 Å². The number of hydrogen-bond donors (Lipinski definition) is 1. The minimum Gasteiger partial charge on any atom is -0.465 e. The summed E-state index contributed by atoms with van der Waals surface area (Å²) < 4.78 is 10.9. The summed E-state index contributed by atoms with van der Waals surface area (Å²) in [6.45, 7) is 11.7. The molecule has 1 N–H and O–H groups in total. The van der Waals surface area contributed by atoms with E-state index in [0.717, 1.165) is 38.5 Å². The zero-order valence-electron chi connectivity index (χ0n) is 26.2. The highest BCUT2D eigenvalue weighted by molar-refractivity contribution is 5.85. The first-order valence-corrected chi connectivity index (χ1v) is 14.7. The van der Waals surface area contributed by atoms with Gasteiger partial charge in [-0.25, -0.2) is 0 Å². The number of unbranched alkanes of at least 4 members (excludes halogenated alkanes) is 1. The van der Waals surface area contributed by atoms with E-state index in [1.165, 1.54) is 7.11 Å². The molecule has 6 nitrogen and oxygen atoms in total. The van der Waals surface area contributed by atoms with Gasteiger partial charge in [0.2, 0.25) is 5.91 Å². The van der Waals surface area contributed by atoms with Gasteiger partial charge in [-0.1, -0.05) is 102 Å². The Hall–Kier alpha value is -2.73. The number of esters is 1. The Morgan fingerprint density at radius 2 is 1.25 bits per heavy atom. The van der Waals surface area contributed by atoms with Gasteiger partial charge in [-0.3, -0.25) is 14.4 Å². The fourth-order valence-electron chi connectivity index (χ4n) is 3.70. The van der Waals surface area contributed by atoms with Crippen molar-refractivity contribution in [2.45, 2.75) is 105 Å². The first-order chi connectivity index (χ1) is 19.0. The minimum atomic E-state index is -0.800. The van der Waals surface area contributed by atoms with Gasteiger partial charge in [0, 0.05) is 37.3 Å². The topological polar surface area (TPSA) is 81.7 Å². The van der Waals surface area contributed by atoms with Crippen molar-refractivity contribution >= 4 is 17.7 Å². The lowest BCUT2D eigenvalue weighted by atomic mass is 9.86. The molecule has 0 aliphatic rings. The number of methoxy groups -OCH3 is 1. The minimum absolute atomic E-state index is 0.0698. The molecule has 0 aliphatic carbocycles. The van der Waals surface area contributed by atoms with E-state index < -0.39 is 16.9 Å². The fourth-order valence-corrected chi connectivity index (χ4v) is 3.70. The van der Waals surface area contributed by atoms with E-state index in [0.29, 0.717) is 12.8 Å². The molecule has 1 atom stereocenters. The molecule has 0 saturated carbocycles. The molecule has 0 aromatic heterocycles. The molecule has 0 fully saturated rings. The second-order valence-electron chi connectivity index (χ2n) is 11.6. The first kappa shape index (κ1) is 37.3. The number of ketones is 1. The van der Waals surface area contributed by atoms with Crippen LogP contribution in [0.5, 0.6) is 0 Å². The van der Waals surface area contributed by atoms with E-state index in [1.807, 2.05) is 34.6 Å². The highest BCUT2D eigenvalue weighted by Crippen LogP contribution is 2.24. The Kier molecular flexibility index (Phi) is 20.5. The van der Waals surface area contributed by atoms with Gasteiger partial charge < -0.3 is 14.8 Å². The van der Waals surface area contributed by atoms with Gasteiger partial charge in [-0.15, -0.1) is 0 Å². The van der Waals surface area contributed by atoms with E-state index in [-0.39, 0.29) is 37.2 Å². The van der Waals surface area contributed by atoms with Gasteiger partial charge in [0.1, 0.15) is 11.9 Å². The molecule has 0 bridgehead atoms. The Morgan fingerprint density at radius 1 is 0.750 bits per heavy atom. The lowest BCUT2D eigenvalue weighted by molar-refractivity contribution is -0.155. The number of ether oxygens (including phenoxy) is 2.